The van der Waals surface area contributed by atoms with Crippen molar-refractivity contribution >= 4 is 15.1 Å². The van der Waals surface area contributed by atoms with E-state index in [1.54, 1.807) is 0 Å². The number of hydrogen-bond acceptors (Lipinski definition) is 2. The largest absolute Gasteiger partial charge is 0.358 e. The average molecular weight is 299 g/mol. The summed E-state index contributed by atoms with van der Waals surface area (Å²) < 4.78 is 0. The summed E-state index contributed by atoms with van der Waals surface area (Å²) in [6.07, 6.45) is 15.8. The Morgan fingerprint density at radius 3 is 1.00 bits per heavy atom. The zero-order chi connectivity index (χ0) is 12.5. The maximum Gasteiger partial charge on any atom is -0.358 e. The van der Waals surface area contributed by atoms with Crippen LogP contribution in [0.25, 0.3) is 0 Å². The molecule has 17 heavy (non-hydrogen) atoms. The normalized spacial score (nSPS) is 15.3. The summed E-state index contributed by atoms with van der Waals surface area (Å²) in [6, 6.07) is 0. The second-order valence-electron chi connectivity index (χ2n) is 3.76. The van der Waals surface area contributed by atoms with Crippen molar-refractivity contribution in [1.82, 2.24) is 0 Å². The van der Waals surface area contributed by atoms with Gasteiger partial charge in [-0.3, -0.25) is 0 Å². The number of rotatable bonds is 0. The molecule has 0 aliphatic heterocycles. The van der Waals surface area contributed by atoms with Crippen molar-refractivity contribution in [3.63, 3.8) is 0 Å². The quantitative estimate of drug-likeness (QED) is 0.513. The molecule has 2 nitrogen and oxygen atoms in total. The molecule has 0 amide bonds. The van der Waals surface area contributed by atoms with Gasteiger partial charge in [0.25, 0.3) is 6.26 Å². The van der Waals surface area contributed by atoms with Gasteiger partial charge in [-0.15, -0.1) is 0 Å². The SMILES string of the molecule is C1CCCC1.C1CCCC1.N#CO.[CH2]=[V][Cl].[CH3-]. The van der Waals surface area contributed by atoms with Crippen LogP contribution in [0.5, 0.6) is 0 Å². The van der Waals surface area contributed by atoms with E-state index < -0.39 is 0 Å². The zero-order valence-corrected chi connectivity index (χ0v) is 13.2. The molecular weight excluding hydrogens is 273 g/mol. The van der Waals surface area contributed by atoms with E-state index in [0.29, 0.717) is 0 Å². The molecule has 0 aromatic heterocycles. The first-order valence-corrected chi connectivity index (χ1v) is 8.84. The molecule has 0 unspecified atom stereocenters. The summed E-state index contributed by atoms with van der Waals surface area (Å²) in [7, 11) is 4.98. The van der Waals surface area contributed by atoms with E-state index in [4.69, 9.17) is 20.2 Å². The van der Waals surface area contributed by atoms with E-state index >= 15 is 0 Å². The van der Waals surface area contributed by atoms with Gasteiger partial charge in [0, 0.05) is 0 Å². The minimum Gasteiger partial charge on any atom is -0.358 e. The Kier molecular flexibility index (Phi) is 32.7. The predicted molar refractivity (Wildman–Crippen MR) is 73.1 cm³/mol. The fourth-order valence-electron chi connectivity index (χ4n) is 1.77. The third kappa shape index (κ3) is 31.4. The Balaban J connectivity index is -0.000000157. The van der Waals surface area contributed by atoms with Crippen LogP contribution in [0, 0.1) is 18.9 Å². The molecule has 0 aromatic rings. The number of nitrogens with zero attached hydrogens (tertiary/aromatic N) is 1. The number of aliphatic hydroxyl groups is 1. The van der Waals surface area contributed by atoms with Crippen LogP contribution in [-0.2, 0) is 14.9 Å². The average Bonchev–Trinajstić information content (AvgIpc) is 3.00. The van der Waals surface area contributed by atoms with Crippen molar-refractivity contribution < 1.29 is 20.0 Å². The molecule has 1 N–H and O–H groups in total. The Bertz CT molecular complexity index is 138. The number of halogens is 1. The maximum atomic E-state index is 6.88. The number of hydrogen-bond donors (Lipinski definition) is 1. The van der Waals surface area contributed by atoms with Crippen molar-refractivity contribution in [2.24, 2.45) is 0 Å². The molecule has 0 aromatic carbocycles. The molecule has 2 aliphatic rings. The van der Waals surface area contributed by atoms with Gasteiger partial charge in [0.05, 0.1) is 0 Å². The van der Waals surface area contributed by atoms with Gasteiger partial charge in [0.2, 0.25) is 0 Å². The maximum absolute atomic E-state index is 6.88. The van der Waals surface area contributed by atoms with Gasteiger partial charge in [-0.2, -0.15) is 5.26 Å². The minimum atomic E-state index is -0.0903. The monoisotopic (exact) mass is 298 g/mol. The van der Waals surface area contributed by atoms with E-state index in [1.165, 1.54) is 64.2 Å². The third-order valence-corrected chi connectivity index (χ3v) is 2.50. The predicted octanol–water partition coefficient (Wildman–Crippen LogP) is 4.85. The van der Waals surface area contributed by atoms with Gasteiger partial charge in [0.1, 0.15) is 0 Å². The molecule has 0 bridgehead atoms. The first-order valence-electron chi connectivity index (χ1n) is 5.93. The van der Waals surface area contributed by atoms with E-state index in [1.807, 2.05) is 0 Å². The molecule has 2 saturated carbocycles. The van der Waals surface area contributed by atoms with Gasteiger partial charge in [0.15, 0.2) is 0 Å². The minimum absolute atomic E-state index is 0. The molecule has 2 aliphatic carbocycles. The second-order valence-corrected chi connectivity index (χ2v) is 5.11. The molecule has 2 fully saturated rings. The van der Waals surface area contributed by atoms with Crippen molar-refractivity contribution in [3.05, 3.63) is 7.43 Å². The number of nitriles is 1. The van der Waals surface area contributed by atoms with Crippen molar-refractivity contribution in [2.75, 3.05) is 0 Å². The van der Waals surface area contributed by atoms with Crippen LogP contribution < -0.4 is 0 Å². The first-order chi connectivity index (χ1) is 7.83. The Labute approximate surface area is 118 Å². The first kappa shape index (κ1) is 22.2. The zero-order valence-electron chi connectivity index (χ0n) is 11.0. The summed E-state index contributed by atoms with van der Waals surface area (Å²) >= 11 is -0.0903. The van der Waals surface area contributed by atoms with Gasteiger partial charge in [-0.25, -0.2) is 0 Å². The second kappa shape index (κ2) is 25.0. The molecule has 2 rings (SSSR count). The van der Waals surface area contributed by atoms with E-state index in [0.717, 1.165) is 6.26 Å². The molecule has 0 radical (unpaired) electrons. The van der Waals surface area contributed by atoms with Crippen molar-refractivity contribution in [3.8, 4) is 6.26 Å². The van der Waals surface area contributed by atoms with Crippen molar-refractivity contribution in [2.45, 2.75) is 64.2 Å². The van der Waals surface area contributed by atoms with E-state index in [2.05, 4.69) is 5.23 Å². The molecule has 102 valence electrons. The molecule has 0 saturated heterocycles. The van der Waals surface area contributed by atoms with Crippen molar-refractivity contribution in [1.29, 1.82) is 5.26 Å². The summed E-state index contributed by atoms with van der Waals surface area (Å²) in [5.41, 5.74) is 0. The van der Waals surface area contributed by atoms with E-state index in [9.17, 15) is 0 Å². The number of aliphatic hydroxyl groups excluding tert-OH is 1. The molecule has 4 heteroatoms. The Morgan fingerprint density at radius 2 is 0.941 bits per heavy atom. The van der Waals surface area contributed by atoms with Crippen LogP contribution >= 0.6 is 9.85 Å². The van der Waals surface area contributed by atoms with Crippen LogP contribution in [0.2, 0.25) is 0 Å². The van der Waals surface area contributed by atoms with Crippen LogP contribution in [-0.4, -0.2) is 10.3 Å². The Hall–Kier alpha value is 0.0344. The summed E-state index contributed by atoms with van der Waals surface area (Å²) in [5.74, 6) is 0. The molecule has 0 spiro atoms. The topological polar surface area (TPSA) is 44.0 Å². The van der Waals surface area contributed by atoms with Crippen LogP contribution in [0.3, 0.4) is 0 Å². The van der Waals surface area contributed by atoms with Gasteiger partial charge < -0.3 is 12.5 Å². The van der Waals surface area contributed by atoms with Crippen LogP contribution in [0.15, 0.2) is 0 Å². The van der Waals surface area contributed by atoms with Crippen LogP contribution in [0.4, 0.5) is 0 Å². The van der Waals surface area contributed by atoms with Gasteiger partial charge in [-0.05, 0) is 0 Å². The summed E-state index contributed by atoms with van der Waals surface area (Å²) in [4.78, 5) is 0. The van der Waals surface area contributed by atoms with Gasteiger partial charge in [-0.1, -0.05) is 64.2 Å². The molecule has 0 heterocycles. The van der Waals surface area contributed by atoms with Crippen LogP contribution in [0.1, 0.15) is 64.2 Å². The summed E-state index contributed by atoms with van der Waals surface area (Å²) in [6.45, 7) is 0. The molecule has 0 atom stereocenters. The fourth-order valence-corrected chi connectivity index (χ4v) is 1.77. The fraction of sp³-hybridized carbons (Fsp3) is 0.769. The Morgan fingerprint density at radius 1 is 0.882 bits per heavy atom. The van der Waals surface area contributed by atoms with Gasteiger partial charge >= 0.3 is 30.0 Å². The standard InChI is InChI=1S/2C5H10.CHNO.CH3.CH2.ClH.V/c2*1-2-4-5-3-1;2-1-3;;;;/h2*1-5H2;3H;1H3;1H2;1H;/q;;;-1;;;+1/p-1. The molecular formula is C13H26ClNOV-. The third-order valence-electron chi connectivity index (χ3n) is 2.50. The van der Waals surface area contributed by atoms with E-state index in [-0.39, 0.29) is 22.3 Å². The smallest absolute Gasteiger partial charge is 0.358 e. The summed E-state index contributed by atoms with van der Waals surface area (Å²) in [5, 5.41) is 17.1.